The average Bonchev–Trinajstić information content (AvgIpc) is 3.19. The molecule has 5 heteroatoms. The fourth-order valence-corrected chi connectivity index (χ4v) is 3.78. The molecule has 5 nitrogen and oxygen atoms in total. The van der Waals surface area contributed by atoms with E-state index in [-0.39, 0.29) is 6.04 Å². The minimum Gasteiger partial charge on any atom is -0.336 e. The van der Waals surface area contributed by atoms with Gasteiger partial charge in [-0.25, -0.2) is 0 Å². The van der Waals surface area contributed by atoms with Gasteiger partial charge in [-0.15, -0.1) is 0 Å². The first-order valence-corrected chi connectivity index (χ1v) is 8.31. The minimum atomic E-state index is 0.113. The summed E-state index contributed by atoms with van der Waals surface area (Å²) >= 11 is 0. The third-order valence-corrected chi connectivity index (χ3v) is 4.92. The first kappa shape index (κ1) is 14.6. The number of carbonyl (C=O) groups is 1. The van der Waals surface area contributed by atoms with E-state index in [9.17, 15) is 4.79 Å². The van der Waals surface area contributed by atoms with Crippen molar-refractivity contribution in [1.82, 2.24) is 19.6 Å². The highest BCUT2D eigenvalue weighted by atomic mass is 16.2. The number of carbonyl (C=O) groups excluding carboxylic acids is 1. The molecule has 2 fully saturated rings. The lowest BCUT2D eigenvalue weighted by molar-refractivity contribution is -0.139. The molecule has 2 aliphatic rings. The van der Waals surface area contributed by atoms with Crippen molar-refractivity contribution >= 4 is 5.91 Å². The maximum atomic E-state index is 13.0. The molecule has 3 rings (SSSR count). The molecular weight excluding hydrogens is 264 g/mol. The maximum absolute atomic E-state index is 13.0. The highest BCUT2D eigenvalue weighted by Gasteiger charge is 2.36. The Bertz CT molecular complexity index is 459. The summed E-state index contributed by atoms with van der Waals surface area (Å²) in [5.74, 6) is 0.353. The zero-order chi connectivity index (χ0) is 14.7. The Morgan fingerprint density at radius 3 is 2.90 bits per heavy atom. The van der Waals surface area contributed by atoms with Crippen LogP contribution in [-0.2, 0) is 11.3 Å². The molecule has 2 saturated heterocycles. The van der Waals surface area contributed by atoms with Crippen LogP contribution in [0.2, 0.25) is 0 Å². The van der Waals surface area contributed by atoms with E-state index in [1.165, 1.54) is 12.8 Å². The molecule has 0 bridgehead atoms. The van der Waals surface area contributed by atoms with Gasteiger partial charge in [-0.2, -0.15) is 5.10 Å². The second-order valence-corrected chi connectivity index (χ2v) is 6.20. The van der Waals surface area contributed by atoms with Crippen LogP contribution in [0.3, 0.4) is 0 Å². The number of piperidine rings is 1. The molecule has 1 aromatic heterocycles. The fraction of sp³-hybridized carbons (Fsp3) is 0.750. The Labute approximate surface area is 126 Å². The first-order chi connectivity index (χ1) is 10.3. The van der Waals surface area contributed by atoms with Crippen molar-refractivity contribution in [3.05, 3.63) is 18.5 Å². The van der Waals surface area contributed by atoms with E-state index in [0.29, 0.717) is 11.9 Å². The third kappa shape index (κ3) is 3.12. The van der Waals surface area contributed by atoms with E-state index in [1.807, 2.05) is 16.9 Å². The summed E-state index contributed by atoms with van der Waals surface area (Å²) in [6.45, 7) is 5.96. The summed E-state index contributed by atoms with van der Waals surface area (Å²) in [6, 6.07) is 2.38. The van der Waals surface area contributed by atoms with Gasteiger partial charge in [0.1, 0.15) is 0 Å². The molecule has 21 heavy (non-hydrogen) atoms. The summed E-state index contributed by atoms with van der Waals surface area (Å²) in [4.78, 5) is 17.4. The molecule has 0 spiro atoms. The molecular formula is C16H26N4O. The van der Waals surface area contributed by atoms with E-state index < -0.39 is 0 Å². The van der Waals surface area contributed by atoms with Crippen molar-refractivity contribution in [1.29, 1.82) is 0 Å². The van der Waals surface area contributed by atoms with Gasteiger partial charge in [0.15, 0.2) is 0 Å². The number of likely N-dealkylation sites (tertiary alicyclic amines) is 2. The van der Waals surface area contributed by atoms with Gasteiger partial charge in [-0.3, -0.25) is 14.4 Å². The first-order valence-electron chi connectivity index (χ1n) is 8.31. The highest BCUT2D eigenvalue weighted by molar-refractivity contribution is 5.82. The van der Waals surface area contributed by atoms with E-state index in [0.717, 1.165) is 45.4 Å². The van der Waals surface area contributed by atoms with Gasteiger partial charge in [0, 0.05) is 18.9 Å². The van der Waals surface area contributed by atoms with Crippen molar-refractivity contribution in [3.8, 4) is 0 Å². The molecule has 0 N–H and O–H groups in total. The van der Waals surface area contributed by atoms with Crippen LogP contribution in [0.5, 0.6) is 0 Å². The maximum Gasteiger partial charge on any atom is 0.240 e. The van der Waals surface area contributed by atoms with Crippen LogP contribution in [0.4, 0.5) is 0 Å². The molecule has 3 heterocycles. The fourth-order valence-electron chi connectivity index (χ4n) is 3.78. The van der Waals surface area contributed by atoms with Crippen LogP contribution in [-0.4, -0.2) is 57.2 Å². The molecule has 2 atom stereocenters. The van der Waals surface area contributed by atoms with Crippen LogP contribution in [0.1, 0.15) is 39.0 Å². The quantitative estimate of drug-likeness (QED) is 0.848. The monoisotopic (exact) mass is 290 g/mol. The largest absolute Gasteiger partial charge is 0.336 e. The third-order valence-electron chi connectivity index (χ3n) is 4.92. The summed E-state index contributed by atoms with van der Waals surface area (Å²) in [5, 5.41) is 4.29. The van der Waals surface area contributed by atoms with Gasteiger partial charge < -0.3 is 4.90 Å². The second kappa shape index (κ2) is 6.60. The Kier molecular flexibility index (Phi) is 4.58. The number of amides is 1. The van der Waals surface area contributed by atoms with Gasteiger partial charge in [-0.1, -0.05) is 13.3 Å². The molecule has 0 aliphatic carbocycles. The predicted molar refractivity (Wildman–Crippen MR) is 81.8 cm³/mol. The van der Waals surface area contributed by atoms with Crippen molar-refractivity contribution in [3.63, 3.8) is 0 Å². The van der Waals surface area contributed by atoms with Crippen LogP contribution in [0.25, 0.3) is 0 Å². The van der Waals surface area contributed by atoms with Crippen LogP contribution in [0, 0.1) is 0 Å². The SMILES string of the molecule is CCN1CCCC[C@H]1C(=O)N1CCC[C@@H]1Cn1cccn1. The van der Waals surface area contributed by atoms with Crippen molar-refractivity contribution in [2.24, 2.45) is 0 Å². The summed E-state index contributed by atoms with van der Waals surface area (Å²) in [6.07, 6.45) is 9.46. The topological polar surface area (TPSA) is 41.4 Å². The lowest BCUT2D eigenvalue weighted by Crippen LogP contribution is -2.52. The predicted octanol–water partition coefficient (Wildman–Crippen LogP) is 1.75. The molecule has 1 amide bonds. The summed E-state index contributed by atoms with van der Waals surface area (Å²) in [7, 11) is 0. The molecule has 1 aromatic rings. The Morgan fingerprint density at radius 2 is 2.14 bits per heavy atom. The Hall–Kier alpha value is -1.36. The Balaban J connectivity index is 1.67. The Morgan fingerprint density at radius 1 is 1.24 bits per heavy atom. The minimum absolute atomic E-state index is 0.113. The van der Waals surface area contributed by atoms with E-state index >= 15 is 0 Å². The van der Waals surface area contributed by atoms with E-state index in [4.69, 9.17) is 0 Å². The number of nitrogens with zero attached hydrogens (tertiary/aromatic N) is 4. The lowest BCUT2D eigenvalue weighted by Gasteiger charge is -2.37. The smallest absolute Gasteiger partial charge is 0.240 e. The van der Waals surface area contributed by atoms with Gasteiger partial charge >= 0.3 is 0 Å². The average molecular weight is 290 g/mol. The van der Waals surface area contributed by atoms with Gasteiger partial charge in [0.2, 0.25) is 5.91 Å². The van der Waals surface area contributed by atoms with E-state index in [2.05, 4.69) is 21.8 Å². The zero-order valence-electron chi connectivity index (χ0n) is 12.9. The highest BCUT2D eigenvalue weighted by Crippen LogP contribution is 2.24. The number of hydrogen-bond acceptors (Lipinski definition) is 3. The normalized spacial score (nSPS) is 27.2. The van der Waals surface area contributed by atoms with Crippen molar-refractivity contribution in [2.45, 2.75) is 57.7 Å². The summed E-state index contributed by atoms with van der Waals surface area (Å²) in [5.41, 5.74) is 0. The van der Waals surface area contributed by atoms with Crippen LogP contribution < -0.4 is 0 Å². The van der Waals surface area contributed by atoms with E-state index in [1.54, 1.807) is 6.20 Å². The summed E-state index contributed by atoms with van der Waals surface area (Å²) < 4.78 is 1.95. The molecule has 0 saturated carbocycles. The van der Waals surface area contributed by atoms with Gasteiger partial charge in [0.05, 0.1) is 18.6 Å². The van der Waals surface area contributed by atoms with Crippen LogP contribution >= 0.6 is 0 Å². The number of likely N-dealkylation sites (N-methyl/N-ethyl adjacent to an activating group) is 1. The molecule has 116 valence electrons. The number of rotatable bonds is 4. The molecule has 0 radical (unpaired) electrons. The van der Waals surface area contributed by atoms with Crippen LogP contribution in [0.15, 0.2) is 18.5 Å². The number of aromatic nitrogens is 2. The molecule has 0 unspecified atom stereocenters. The molecule has 2 aliphatic heterocycles. The lowest BCUT2D eigenvalue weighted by atomic mass is 10.0. The second-order valence-electron chi connectivity index (χ2n) is 6.20. The van der Waals surface area contributed by atoms with Gasteiger partial charge in [-0.05, 0) is 44.8 Å². The standard InChI is InChI=1S/C16H26N4O/c1-2-18-10-4-3-8-15(18)16(21)20-12-5-7-14(20)13-19-11-6-9-17-19/h6,9,11,14-15H,2-5,7-8,10,12-13H2,1H3/t14-,15+/m1/s1. The van der Waals surface area contributed by atoms with Crippen molar-refractivity contribution < 1.29 is 4.79 Å². The van der Waals surface area contributed by atoms with Crippen molar-refractivity contribution in [2.75, 3.05) is 19.6 Å². The van der Waals surface area contributed by atoms with Gasteiger partial charge in [0.25, 0.3) is 0 Å². The number of hydrogen-bond donors (Lipinski definition) is 0. The molecule has 0 aromatic carbocycles. The zero-order valence-corrected chi connectivity index (χ0v) is 12.9.